The number of carbonyl (C=O) groups is 1. The molecule has 1 aromatic carbocycles. The van der Waals surface area contributed by atoms with Gasteiger partial charge in [-0.15, -0.1) is 11.8 Å². The van der Waals surface area contributed by atoms with Gasteiger partial charge < -0.3 is 4.90 Å². The van der Waals surface area contributed by atoms with Gasteiger partial charge in [-0.05, 0) is 39.2 Å². The van der Waals surface area contributed by atoms with Gasteiger partial charge in [-0.3, -0.25) is 4.79 Å². The summed E-state index contributed by atoms with van der Waals surface area (Å²) in [5, 5.41) is 0. The molecule has 0 fully saturated rings. The van der Waals surface area contributed by atoms with E-state index in [1.807, 2.05) is 14.1 Å². The maximum Gasteiger partial charge on any atom is 0.161 e. The third-order valence-electron chi connectivity index (χ3n) is 2.12. The Balaban J connectivity index is 2.75. The fourth-order valence-electron chi connectivity index (χ4n) is 1.24. The monoisotopic (exact) mass is 241 g/mol. The zero-order valence-corrected chi connectivity index (χ0v) is 10.6. The van der Waals surface area contributed by atoms with Gasteiger partial charge in [0.1, 0.15) is 5.82 Å². The number of hydrogen-bond acceptors (Lipinski definition) is 3. The normalized spacial score (nSPS) is 10.8. The van der Waals surface area contributed by atoms with E-state index in [0.717, 1.165) is 17.2 Å². The molecule has 0 bridgehead atoms. The van der Waals surface area contributed by atoms with Crippen molar-refractivity contribution in [1.29, 1.82) is 0 Å². The van der Waals surface area contributed by atoms with Crippen LogP contribution in [0.1, 0.15) is 17.3 Å². The van der Waals surface area contributed by atoms with Crippen molar-refractivity contribution in [1.82, 2.24) is 4.90 Å². The minimum absolute atomic E-state index is 0.0909. The summed E-state index contributed by atoms with van der Waals surface area (Å²) in [6.45, 7) is 2.39. The zero-order chi connectivity index (χ0) is 12.1. The topological polar surface area (TPSA) is 20.3 Å². The molecule has 1 rings (SSSR count). The van der Waals surface area contributed by atoms with Crippen molar-refractivity contribution in [3.8, 4) is 0 Å². The summed E-state index contributed by atoms with van der Waals surface area (Å²) in [6, 6.07) is 4.37. The van der Waals surface area contributed by atoms with E-state index in [9.17, 15) is 9.18 Å². The number of benzene rings is 1. The lowest BCUT2D eigenvalue weighted by molar-refractivity contribution is 0.101. The van der Waals surface area contributed by atoms with Gasteiger partial charge in [0.2, 0.25) is 0 Å². The van der Waals surface area contributed by atoms with Crippen molar-refractivity contribution in [3.63, 3.8) is 0 Å². The van der Waals surface area contributed by atoms with E-state index in [0.29, 0.717) is 5.56 Å². The van der Waals surface area contributed by atoms with Crippen LogP contribution in [0.15, 0.2) is 23.1 Å². The molecule has 0 saturated heterocycles. The van der Waals surface area contributed by atoms with Crippen LogP contribution in [0.4, 0.5) is 4.39 Å². The molecular weight excluding hydrogens is 225 g/mol. The maximum absolute atomic E-state index is 13.0. The fraction of sp³-hybridized carbons (Fsp3) is 0.417. The van der Waals surface area contributed by atoms with Crippen molar-refractivity contribution >= 4 is 17.5 Å². The van der Waals surface area contributed by atoms with Gasteiger partial charge in [-0.1, -0.05) is 0 Å². The summed E-state index contributed by atoms with van der Waals surface area (Å²) in [5.41, 5.74) is 0.476. The Morgan fingerprint density at radius 2 is 2.12 bits per heavy atom. The first-order valence-electron chi connectivity index (χ1n) is 5.08. The molecule has 16 heavy (non-hydrogen) atoms. The quantitative estimate of drug-likeness (QED) is 0.584. The molecule has 0 spiro atoms. The molecule has 0 atom stereocenters. The molecule has 0 aliphatic rings. The second-order valence-corrected chi connectivity index (χ2v) is 4.99. The highest BCUT2D eigenvalue weighted by Gasteiger charge is 2.08. The van der Waals surface area contributed by atoms with Gasteiger partial charge in [0, 0.05) is 22.8 Å². The molecule has 0 heterocycles. The number of nitrogens with zero attached hydrogens (tertiary/aromatic N) is 1. The standard InChI is InChI=1S/C12H16FNOS/c1-9(15)11-8-10(13)4-5-12(11)16-7-6-14(2)3/h4-5,8H,6-7H2,1-3H3. The van der Waals surface area contributed by atoms with E-state index >= 15 is 0 Å². The molecule has 0 unspecified atom stereocenters. The van der Waals surface area contributed by atoms with Crippen LogP contribution < -0.4 is 0 Å². The Kier molecular flexibility index (Phi) is 4.96. The molecule has 4 heteroatoms. The summed E-state index contributed by atoms with van der Waals surface area (Å²) in [5.74, 6) is 0.438. The summed E-state index contributed by atoms with van der Waals surface area (Å²) in [7, 11) is 3.99. The summed E-state index contributed by atoms with van der Waals surface area (Å²) < 4.78 is 13.0. The maximum atomic E-state index is 13.0. The minimum atomic E-state index is -0.359. The molecule has 0 radical (unpaired) electrons. The summed E-state index contributed by atoms with van der Waals surface area (Å²) in [6.07, 6.45) is 0. The minimum Gasteiger partial charge on any atom is -0.309 e. The van der Waals surface area contributed by atoms with Gasteiger partial charge in [0.15, 0.2) is 5.78 Å². The largest absolute Gasteiger partial charge is 0.309 e. The van der Waals surface area contributed by atoms with Crippen LogP contribution in [0.5, 0.6) is 0 Å². The Morgan fingerprint density at radius 1 is 1.44 bits per heavy atom. The molecule has 0 saturated carbocycles. The molecule has 0 aliphatic heterocycles. The highest BCUT2D eigenvalue weighted by atomic mass is 32.2. The average Bonchev–Trinajstić information content (AvgIpc) is 2.19. The number of halogens is 1. The lowest BCUT2D eigenvalue weighted by Crippen LogP contribution is -2.14. The van der Waals surface area contributed by atoms with Gasteiger partial charge in [-0.25, -0.2) is 4.39 Å². The highest BCUT2D eigenvalue weighted by Crippen LogP contribution is 2.24. The Bertz CT molecular complexity index is 379. The van der Waals surface area contributed by atoms with Crippen molar-refractivity contribution in [2.24, 2.45) is 0 Å². The number of Topliss-reactive ketones (excluding diaryl/α,β-unsaturated/α-hetero) is 1. The lowest BCUT2D eigenvalue weighted by Gasteiger charge is -2.10. The van der Waals surface area contributed by atoms with Gasteiger partial charge >= 0.3 is 0 Å². The van der Waals surface area contributed by atoms with Crippen LogP contribution in [-0.4, -0.2) is 37.1 Å². The molecule has 0 aliphatic carbocycles. The summed E-state index contributed by atoms with van der Waals surface area (Å²) in [4.78, 5) is 14.3. The average molecular weight is 241 g/mol. The highest BCUT2D eigenvalue weighted by molar-refractivity contribution is 7.99. The predicted molar refractivity (Wildman–Crippen MR) is 65.7 cm³/mol. The SMILES string of the molecule is CC(=O)c1cc(F)ccc1SCCN(C)C. The van der Waals surface area contributed by atoms with Crippen molar-refractivity contribution in [2.45, 2.75) is 11.8 Å². The van der Waals surface area contributed by atoms with Crippen molar-refractivity contribution in [3.05, 3.63) is 29.6 Å². The number of rotatable bonds is 5. The Hall–Kier alpha value is -0.870. The van der Waals surface area contributed by atoms with Crippen LogP contribution in [-0.2, 0) is 0 Å². The van der Waals surface area contributed by atoms with E-state index in [1.165, 1.54) is 19.1 Å². The first-order valence-corrected chi connectivity index (χ1v) is 6.07. The van der Waals surface area contributed by atoms with Crippen molar-refractivity contribution in [2.75, 3.05) is 26.4 Å². The third kappa shape index (κ3) is 3.94. The van der Waals surface area contributed by atoms with Crippen LogP contribution in [0.3, 0.4) is 0 Å². The van der Waals surface area contributed by atoms with Gasteiger partial charge in [0.05, 0.1) is 0 Å². The second kappa shape index (κ2) is 6.01. The number of ketones is 1. The van der Waals surface area contributed by atoms with Crippen LogP contribution >= 0.6 is 11.8 Å². The van der Waals surface area contributed by atoms with E-state index in [2.05, 4.69) is 4.90 Å². The molecular formula is C12H16FNOS. The molecule has 2 nitrogen and oxygen atoms in total. The van der Waals surface area contributed by atoms with E-state index in [4.69, 9.17) is 0 Å². The smallest absolute Gasteiger partial charge is 0.161 e. The summed E-state index contributed by atoms with van der Waals surface area (Å²) >= 11 is 1.58. The van der Waals surface area contributed by atoms with Gasteiger partial charge in [-0.2, -0.15) is 0 Å². The van der Waals surface area contributed by atoms with E-state index in [-0.39, 0.29) is 11.6 Å². The van der Waals surface area contributed by atoms with E-state index < -0.39 is 0 Å². The van der Waals surface area contributed by atoms with Crippen LogP contribution in [0.25, 0.3) is 0 Å². The Morgan fingerprint density at radius 3 is 2.69 bits per heavy atom. The molecule has 0 amide bonds. The number of thioether (sulfide) groups is 1. The van der Waals surface area contributed by atoms with Gasteiger partial charge in [0.25, 0.3) is 0 Å². The molecule has 1 aromatic rings. The van der Waals surface area contributed by atoms with Crippen LogP contribution in [0.2, 0.25) is 0 Å². The van der Waals surface area contributed by atoms with E-state index in [1.54, 1.807) is 17.8 Å². The molecule has 88 valence electrons. The Labute approximate surface area is 99.8 Å². The molecule has 0 aromatic heterocycles. The number of hydrogen-bond donors (Lipinski definition) is 0. The first kappa shape index (κ1) is 13.2. The molecule has 0 N–H and O–H groups in total. The zero-order valence-electron chi connectivity index (χ0n) is 9.79. The number of carbonyl (C=O) groups excluding carboxylic acids is 1. The van der Waals surface area contributed by atoms with Crippen molar-refractivity contribution < 1.29 is 9.18 Å². The fourth-order valence-corrected chi connectivity index (χ4v) is 2.44. The lowest BCUT2D eigenvalue weighted by atomic mass is 10.1. The first-order chi connectivity index (χ1) is 7.50. The second-order valence-electron chi connectivity index (χ2n) is 3.85. The third-order valence-corrected chi connectivity index (χ3v) is 3.17. The predicted octanol–water partition coefficient (Wildman–Crippen LogP) is 2.68. The van der Waals surface area contributed by atoms with Crippen LogP contribution in [0, 0.1) is 5.82 Å².